The minimum Gasteiger partial charge on any atom is -0.489 e. The highest BCUT2D eigenvalue weighted by Gasteiger charge is 2.48. The van der Waals surface area contributed by atoms with Gasteiger partial charge in [-0.1, -0.05) is 78.9 Å². The number of carboxylic acid groups (broad SMARTS) is 1. The van der Waals surface area contributed by atoms with Crippen molar-refractivity contribution in [3.8, 4) is 5.75 Å². The van der Waals surface area contributed by atoms with Crippen molar-refractivity contribution >= 4 is 16.7 Å². The molecule has 0 spiro atoms. The Morgan fingerprint density at radius 2 is 1.68 bits per heavy atom. The number of rotatable bonds is 10. The van der Waals surface area contributed by atoms with Gasteiger partial charge in [-0.25, -0.2) is 4.79 Å². The van der Waals surface area contributed by atoms with Crippen molar-refractivity contribution < 1.29 is 19.5 Å². The average Bonchev–Trinajstić information content (AvgIpc) is 3.67. The standard InChI is InChI=1S/C29H27NO4/c31-29(32)28-30(34-28)27(15-6-10-21-8-2-1-3-9-21)25-13-7-14-26(19-25)33-20-22-16-17-23-11-4-5-12-24(23)18-22/h1-5,7-9,11-14,16-19,27-28H,6,10,15,20H2,(H,31,32). The lowest BCUT2D eigenvalue weighted by atomic mass is 9.98. The molecule has 0 saturated carbocycles. The summed E-state index contributed by atoms with van der Waals surface area (Å²) in [6.07, 6.45) is 1.75. The van der Waals surface area contributed by atoms with E-state index < -0.39 is 12.2 Å². The van der Waals surface area contributed by atoms with Crippen LogP contribution < -0.4 is 4.74 Å². The van der Waals surface area contributed by atoms with Gasteiger partial charge in [0.1, 0.15) is 12.4 Å². The van der Waals surface area contributed by atoms with Crippen LogP contribution in [0.1, 0.15) is 35.6 Å². The Bertz CT molecular complexity index is 1270. The smallest absolute Gasteiger partial charge is 0.352 e. The number of hydrogen-bond donors (Lipinski definition) is 1. The van der Waals surface area contributed by atoms with Gasteiger partial charge in [0.15, 0.2) is 0 Å². The predicted octanol–water partition coefficient (Wildman–Crippen LogP) is 6.14. The summed E-state index contributed by atoms with van der Waals surface area (Å²) in [5.41, 5.74) is 3.37. The van der Waals surface area contributed by atoms with Gasteiger partial charge >= 0.3 is 5.97 Å². The van der Waals surface area contributed by atoms with Crippen LogP contribution in [0.5, 0.6) is 5.75 Å². The summed E-state index contributed by atoms with van der Waals surface area (Å²) in [6, 6.07) is 32.7. The number of aryl methyl sites for hydroxylation is 1. The fraction of sp³-hybridized carbons (Fsp3) is 0.207. The lowest BCUT2D eigenvalue weighted by Gasteiger charge is -2.18. The van der Waals surface area contributed by atoms with Gasteiger partial charge in [-0.2, -0.15) is 0 Å². The molecular weight excluding hydrogens is 426 g/mol. The zero-order valence-corrected chi connectivity index (χ0v) is 18.8. The number of benzene rings is 4. The summed E-state index contributed by atoms with van der Waals surface area (Å²) in [6.45, 7) is 0.463. The zero-order valence-electron chi connectivity index (χ0n) is 18.8. The van der Waals surface area contributed by atoms with Crippen molar-refractivity contribution in [1.29, 1.82) is 0 Å². The summed E-state index contributed by atoms with van der Waals surface area (Å²) < 4.78 is 6.10. The number of nitrogens with zero attached hydrogens (tertiary/aromatic N) is 1. The normalized spacial score (nSPS) is 17.9. The number of carbonyl (C=O) groups is 1. The zero-order chi connectivity index (χ0) is 23.3. The molecule has 1 N–H and O–H groups in total. The molecule has 34 heavy (non-hydrogen) atoms. The van der Waals surface area contributed by atoms with Crippen LogP contribution in [0, 0.1) is 0 Å². The van der Waals surface area contributed by atoms with Gasteiger partial charge in [0, 0.05) is 0 Å². The molecule has 1 saturated heterocycles. The van der Waals surface area contributed by atoms with Crippen LogP contribution in [0.4, 0.5) is 0 Å². The van der Waals surface area contributed by atoms with E-state index in [0.29, 0.717) is 6.61 Å². The van der Waals surface area contributed by atoms with E-state index in [4.69, 9.17) is 9.57 Å². The lowest BCUT2D eigenvalue weighted by molar-refractivity contribution is -0.138. The first-order chi connectivity index (χ1) is 16.7. The molecule has 4 aromatic carbocycles. The van der Waals surface area contributed by atoms with E-state index in [1.807, 2.05) is 54.6 Å². The van der Waals surface area contributed by atoms with Gasteiger partial charge in [-0.15, -0.1) is 5.06 Å². The van der Waals surface area contributed by atoms with E-state index in [1.165, 1.54) is 16.3 Å². The van der Waals surface area contributed by atoms with Gasteiger partial charge in [-0.3, -0.25) is 4.84 Å². The molecule has 0 radical (unpaired) electrons. The fourth-order valence-corrected chi connectivity index (χ4v) is 4.37. The predicted molar refractivity (Wildman–Crippen MR) is 131 cm³/mol. The maximum Gasteiger partial charge on any atom is 0.352 e. The number of hydrogen-bond acceptors (Lipinski definition) is 4. The molecule has 3 unspecified atom stereocenters. The molecule has 1 aliphatic heterocycles. The van der Waals surface area contributed by atoms with Crippen LogP contribution in [0.3, 0.4) is 0 Å². The van der Waals surface area contributed by atoms with Gasteiger partial charge in [0.25, 0.3) is 6.23 Å². The second kappa shape index (κ2) is 10.1. The van der Waals surface area contributed by atoms with Crippen LogP contribution in [-0.4, -0.2) is 22.4 Å². The Balaban J connectivity index is 1.27. The highest BCUT2D eigenvalue weighted by molar-refractivity contribution is 5.82. The second-order valence-electron chi connectivity index (χ2n) is 8.59. The van der Waals surface area contributed by atoms with Crippen molar-refractivity contribution in [1.82, 2.24) is 5.06 Å². The van der Waals surface area contributed by atoms with E-state index in [9.17, 15) is 9.90 Å². The van der Waals surface area contributed by atoms with Crippen LogP contribution in [-0.2, 0) is 22.7 Å². The molecule has 1 aliphatic rings. The third-order valence-corrected chi connectivity index (χ3v) is 6.17. The Morgan fingerprint density at radius 3 is 2.47 bits per heavy atom. The van der Waals surface area contributed by atoms with Crippen molar-refractivity contribution in [2.45, 2.75) is 38.1 Å². The quantitative estimate of drug-likeness (QED) is 0.292. The van der Waals surface area contributed by atoms with E-state index in [2.05, 4.69) is 42.5 Å². The molecule has 5 rings (SSSR count). The van der Waals surface area contributed by atoms with Crippen LogP contribution in [0.2, 0.25) is 0 Å². The SMILES string of the molecule is O=C(O)C1ON1C(CCCc1ccccc1)c1cccc(OCc2ccc3ccccc3c2)c1. The largest absolute Gasteiger partial charge is 0.489 e. The van der Waals surface area contributed by atoms with Crippen molar-refractivity contribution in [2.24, 2.45) is 0 Å². The third-order valence-electron chi connectivity index (χ3n) is 6.17. The van der Waals surface area contributed by atoms with E-state index in [-0.39, 0.29) is 6.04 Å². The Kier molecular flexibility index (Phi) is 6.56. The number of ether oxygens (including phenoxy) is 1. The molecule has 1 heterocycles. The second-order valence-corrected chi connectivity index (χ2v) is 8.59. The van der Waals surface area contributed by atoms with Crippen LogP contribution >= 0.6 is 0 Å². The molecule has 0 bridgehead atoms. The van der Waals surface area contributed by atoms with Gasteiger partial charge < -0.3 is 9.84 Å². The summed E-state index contributed by atoms with van der Waals surface area (Å²) in [5.74, 6) is -0.204. The van der Waals surface area contributed by atoms with Gasteiger partial charge in [0.05, 0.1) is 6.04 Å². The summed E-state index contributed by atoms with van der Waals surface area (Å²) in [5, 5.41) is 13.3. The van der Waals surface area contributed by atoms with Crippen LogP contribution in [0.25, 0.3) is 10.8 Å². The lowest BCUT2D eigenvalue weighted by Crippen LogP contribution is -2.17. The minimum absolute atomic E-state index is 0.144. The monoisotopic (exact) mass is 453 g/mol. The molecule has 5 heteroatoms. The minimum atomic E-state index is -0.961. The molecule has 1 fully saturated rings. The molecular formula is C29H27NO4. The number of carboxylic acids is 1. The topological polar surface area (TPSA) is 62.1 Å². The van der Waals surface area contributed by atoms with Crippen molar-refractivity contribution in [2.75, 3.05) is 0 Å². The molecule has 5 nitrogen and oxygen atoms in total. The van der Waals surface area contributed by atoms with Crippen LogP contribution in [0.15, 0.2) is 97.1 Å². The third kappa shape index (κ3) is 5.28. The van der Waals surface area contributed by atoms with Gasteiger partial charge in [0.2, 0.25) is 0 Å². The first-order valence-electron chi connectivity index (χ1n) is 11.6. The first kappa shape index (κ1) is 22.1. The highest BCUT2D eigenvalue weighted by Crippen LogP contribution is 2.38. The Morgan fingerprint density at radius 1 is 0.882 bits per heavy atom. The van der Waals surface area contributed by atoms with E-state index in [0.717, 1.165) is 36.1 Å². The Labute approximate surface area is 199 Å². The molecule has 4 aromatic rings. The summed E-state index contributed by atoms with van der Waals surface area (Å²) in [4.78, 5) is 16.8. The highest BCUT2D eigenvalue weighted by atomic mass is 16.8. The van der Waals surface area contributed by atoms with Gasteiger partial charge in [-0.05, 0) is 64.9 Å². The molecule has 0 aromatic heterocycles. The van der Waals surface area contributed by atoms with Crippen molar-refractivity contribution in [3.05, 3.63) is 114 Å². The maximum atomic E-state index is 11.4. The Hall–Kier alpha value is -3.67. The average molecular weight is 454 g/mol. The first-order valence-corrected chi connectivity index (χ1v) is 11.6. The van der Waals surface area contributed by atoms with Crippen molar-refractivity contribution in [3.63, 3.8) is 0 Å². The molecule has 0 amide bonds. The number of aliphatic carboxylic acids is 1. The van der Waals surface area contributed by atoms with E-state index in [1.54, 1.807) is 5.06 Å². The summed E-state index contributed by atoms with van der Waals surface area (Å²) >= 11 is 0. The fourth-order valence-electron chi connectivity index (χ4n) is 4.37. The number of hydroxylamine groups is 2. The summed E-state index contributed by atoms with van der Waals surface area (Å²) in [7, 11) is 0. The number of fused-ring (bicyclic) bond motifs is 1. The molecule has 3 atom stereocenters. The maximum absolute atomic E-state index is 11.4. The molecule has 0 aliphatic carbocycles. The molecule has 172 valence electrons. The van der Waals surface area contributed by atoms with E-state index >= 15 is 0 Å².